The number of nitrogens with zero attached hydrogens (tertiary/aromatic N) is 5. The second kappa shape index (κ2) is 7.29. The van der Waals surface area contributed by atoms with Crippen LogP contribution in [0.15, 0.2) is 54.9 Å². The predicted octanol–water partition coefficient (Wildman–Crippen LogP) is 3.86. The van der Waals surface area contributed by atoms with Crippen molar-refractivity contribution in [1.82, 2.24) is 18.8 Å². The van der Waals surface area contributed by atoms with Crippen LogP contribution in [0.2, 0.25) is 0 Å². The van der Waals surface area contributed by atoms with Crippen LogP contribution in [-0.4, -0.2) is 51.5 Å². The molecule has 4 aromatic rings. The predicted molar refractivity (Wildman–Crippen MR) is 113 cm³/mol. The maximum Gasteiger partial charge on any atom is 0.150 e. The van der Waals surface area contributed by atoms with E-state index in [0.717, 1.165) is 51.2 Å². The number of benzene rings is 2. The highest BCUT2D eigenvalue weighted by molar-refractivity contribution is 7.13. The average Bonchev–Trinajstić information content (AvgIpc) is 3.33. The Morgan fingerprint density at radius 3 is 2.63 bits per heavy atom. The Bertz CT molecular complexity index is 1040. The lowest BCUT2D eigenvalue weighted by Gasteiger charge is -2.35. The molecule has 27 heavy (non-hydrogen) atoms. The number of imidazole rings is 1. The van der Waals surface area contributed by atoms with Crippen molar-refractivity contribution in [3.8, 4) is 0 Å². The lowest BCUT2D eigenvalue weighted by atomic mass is 10.2. The molecule has 0 saturated carbocycles. The molecule has 138 valence electrons. The Labute approximate surface area is 163 Å². The van der Waals surface area contributed by atoms with Crippen LogP contribution in [0, 0.1) is 0 Å². The Hall–Kier alpha value is -2.44. The van der Waals surface area contributed by atoms with Crippen LogP contribution in [0.25, 0.3) is 21.1 Å². The van der Waals surface area contributed by atoms with Gasteiger partial charge in [-0.15, -0.1) is 0 Å². The summed E-state index contributed by atoms with van der Waals surface area (Å²) in [5.74, 6) is 1.17. The molecule has 1 fully saturated rings. The van der Waals surface area contributed by atoms with Crippen molar-refractivity contribution in [2.24, 2.45) is 0 Å². The lowest BCUT2D eigenvalue weighted by molar-refractivity contribution is 0.250. The number of aromatic nitrogens is 3. The van der Waals surface area contributed by atoms with E-state index in [1.54, 1.807) is 11.5 Å². The highest BCUT2D eigenvalue weighted by Gasteiger charge is 2.20. The van der Waals surface area contributed by atoms with Gasteiger partial charge in [-0.25, -0.2) is 4.98 Å². The maximum absolute atomic E-state index is 4.71. The summed E-state index contributed by atoms with van der Waals surface area (Å²) in [5.41, 5.74) is 2.32. The van der Waals surface area contributed by atoms with Gasteiger partial charge in [-0.05, 0) is 48.8 Å². The van der Waals surface area contributed by atoms with Crippen LogP contribution >= 0.6 is 11.5 Å². The van der Waals surface area contributed by atoms with Crippen molar-refractivity contribution in [3.05, 3.63) is 54.9 Å². The van der Waals surface area contributed by atoms with Gasteiger partial charge >= 0.3 is 0 Å². The zero-order chi connectivity index (χ0) is 18.1. The maximum atomic E-state index is 4.71. The molecule has 1 saturated heterocycles. The second-order valence-corrected chi connectivity index (χ2v) is 7.92. The van der Waals surface area contributed by atoms with Gasteiger partial charge in [0.1, 0.15) is 5.82 Å². The number of para-hydroxylation sites is 2. The van der Waals surface area contributed by atoms with Crippen molar-refractivity contribution in [2.45, 2.75) is 13.0 Å². The zero-order valence-corrected chi connectivity index (χ0v) is 16.1. The van der Waals surface area contributed by atoms with Crippen molar-refractivity contribution in [1.29, 1.82) is 0 Å². The molecule has 0 unspecified atom stereocenters. The first kappa shape index (κ1) is 16.7. The van der Waals surface area contributed by atoms with E-state index in [1.165, 1.54) is 21.4 Å². The summed E-state index contributed by atoms with van der Waals surface area (Å²) in [6.45, 7) is 6.49. The van der Waals surface area contributed by atoms with Gasteiger partial charge in [-0.2, -0.15) is 4.37 Å². The average molecular weight is 378 g/mol. The van der Waals surface area contributed by atoms with Crippen LogP contribution < -0.4 is 4.90 Å². The van der Waals surface area contributed by atoms with Gasteiger partial charge in [0.05, 0.1) is 22.1 Å². The quantitative estimate of drug-likeness (QED) is 0.529. The smallest absolute Gasteiger partial charge is 0.150 e. The molecule has 3 heterocycles. The minimum absolute atomic E-state index is 1.03. The summed E-state index contributed by atoms with van der Waals surface area (Å²) in [6, 6.07) is 16.9. The Balaban J connectivity index is 1.15. The van der Waals surface area contributed by atoms with E-state index in [-0.39, 0.29) is 0 Å². The molecule has 2 aromatic heterocycles. The van der Waals surface area contributed by atoms with E-state index in [0.29, 0.717) is 0 Å². The van der Waals surface area contributed by atoms with Gasteiger partial charge in [0.25, 0.3) is 0 Å². The highest BCUT2D eigenvalue weighted by atomic mass is 32.1. The fraction of sp³-hybridized carbons (Fsp3) is 0.333. The normalized spacial score (nSPS) is 15.8. The fourth-order valence-corrected chi connectivity index (χ4v) is 4.73. The molecule has 0 amide bonds. The number of fused-ring (bicyclic) bond motifs is 2. The van der Waals surface area contributed by atoms with Gasteiger partial charge in [-0.1, -0.05) is 24.3 Å². The van der Waals surface area contributed by atoms with E-state index in [9.17, 15) is 0 Å². The summed E-state index contributed by atoms with van der Waals surface area (Å²) in [7, 11) is 0. The fourth-order valence-electron chi connectivity index (χ4n) is 3.94. The largest absolute Gasteiger partial charge is 0.353 e. The van der Waals surface area contributed by atoms with E-state index >= 15 is 0 Å². The van der Waals surface area contributed by atoms with E-state index < -0.39 is 0 Å². The molecule has 0 N–H and O–H groups in total. The third-order valence-corrected chi connectivity index (χ3v) is 6.25. The molecule has 5 nitrogen and oxygen atoms in total. The third-order valence-electron chi connectivity index (χ3n) is 5.43. The molecule has 6 heteroatoms. The Kier molecular flexibility index (Phi) is 4.51. The Morgan fingerprint density at radius 1 is 0.889 bits per heavy atom. The van der Waals surface area contributed by atoms with Crippen LogP contribution in [0.1, 0.15) is 6.42 Å². The Morgan fingerprint density at radius 2 is 1.70 bits per heavy atom. The number of rotatable bonds is 5. The monoisotopic (exact) mass is 377 g/mol. The molecule has 5 rings (SSSR count). The van der Waals surface area contributed by atoms with Crippen LogP contribution in [0.5, 0.6) is 0 Å². The van der Waals surface area contributed by atoms with Gasteiger partial charge in [0, 0.05) is 38.1 Å². The van der Waals surface area contributed by atoms with Gasteiger partial charge in [0.15, 0.2) is 0 Å². The standard InChI is InChI=1S/C21H23N5S/c1-4-9-20-17(6-1)21(23-27-20)25-14-12-24(13-15-25)10-5-11-26-16-22-18-7-2-3-8-19(18)26/h1-4,6-9,16H,5,10-15H2. The van der Waals surface area contributed by atoms with Crippen LogP contribution in [0.4, 0.5) is 5.82 Å². The molecular formula is C21H23N5S. The molecular weight excluding hydrogens is 354 g/mol. The summed E-state index contributed by atoms with van der Waals surface area (Å²) in [6.07, 6.45) is 3.12. The molecule has 1 aliphatic rings. The second-order valence-electron chi connectivity index (χ2n) is 7.11. The summed E-state index contributed by atoms with van der Waals surface area (Å²) in [4.78, 5) is 9.50. The van der Waals surface area contributed by atoms with E-state index in [2.05, 4.69) is 61.8 Å². The van der Waals surface area contributed by atoms with E-state index in [1.807, 2.05) is 12.4 Å². The molecule has 1 aliphatic heterocycles. The van der Waals surface area contributed by atoms with Crippen LogP contribution in [-0.2, 0) is 6.54 Å². The van der Waals surface area contributed by atoms with E-state index in [4.69, 9.17) is 4.37 Å². The minimum atomic E-state index is 1.03. The van der Waals surface area contributed by atoms with Gasteiger partial charge < -0.3 is 9.47 Å². The topological polar surface area (TPSA) is 37.2 Å². The first-order valence-electron chi connectivity index (χ1n) is 9.60. The number of piperazine rings is 1. The minimum Gasteiger partial charge on any atom is -0.353 e. The van der Waals surface area contributed by atoms with Gasteiger partial charge in [0.2, 0.25) is 0 Å². The number of aryl methyl sites for hydroxylation is 1. The van der Waals surface area contributed by atoms with Crippen molar-refractivity contribution in [3.63, 3.8) is 0 Å². The number of anilines is 1. The first-order chi connectivity index (χ1) is 13.4. The lowest BCUT2D eigenvalue weighted by Crippen LogP contribution is -2.46. The molecule has 0 atom stereocenters. The summed E-state index contributed by atoms with van der Waals surface area (Å²) < 4.78 is 8.26. The van der Waals surface area contributed by atoms with Crippen molar-refractivity contribution >= 4 is 38.5 Å². The summed E-state index contributed by atoms with van der Waals surface area (Å²) >= 11 is 1.61. The van der Waals surface area contributed by atoms with Crippen molar-refractivity contribution < 1.29 is 0 Å². The number of hydrogen-bond acceptors (Lipinski definition) is 5. The first-order valence-corrected chi connectivity index (χ1v) is 10.4. The number of hydrogen-bond donors (Lipinski definition) is 0. The van der Waals surface area contributed by atoms with Gasteiger partial charge in [-0.3, -0.25) is 4.90 Å². The summed E-state index contributed by atoms with van der Waals surface area (Å²) in [5, 5.41) is 1.29. The molecule has 0 aliphatic carbocycles. The highest BCUT2D eigenvalue weighted by Crippen LogP contribution is 2.29. The SMILES string of the molecule is c1ccc2c(c1)ncn2CCCN1CCN(c2nsc3ccccc23)CC1. The van der Waals surface area contributed by atoms with Crippen LogP contribution in [0.3, 0.4) is 0 Å². The third kappa shape index (κ3) is 3.31. The molecule has 0 bridgehead atoms. The van der Waals surface area contributed by atoms with Crippen molar-refractivity contribution in [2.75, 3.05) is 37.6 Å². The molecule has 0 spiro atoms. The molecule has 2 aromatic carbocycles. The molecule has 0 radical (unpaired) electrons. The zero-order valence-electron chi connectivity index (χ0n) is 15.3.